The molecule has 1 aliphatic heterocycles. The Bertz CT molecular complexity index is 496. The lowest BCUT2D eigenvalue weighted by Crippen LogP contribution is -2.27. The Morgan fingerprint density at radius 2 is 2.24 bits per heavy atom. The number of hydrogen-bond acceptors (Lipinski definition) is 4. The molecule has 0 aliphatic carbocycles. The number of rotatable bonds is 5. The van der Waals surface area contributed by atoms with Crippen LogP contribution < -0.4 is 5.32 Å². The maximum atomic E-state index is 10.9. The number of nitrogens with zero attached hydrogens (tertiary/aromatic N) is 2. The molecule has 1 fully saturated rings. The molecule has 1 atom stereocenters. The minimum absolute atomic E-state index is 0.0723. The van der Waals surface area contributed by atoms with E-state index in [0.717, 1.165) is 38.9 Å². The number of nitro benzene ring substituents is 1. The van der Waals surface area contributed by atoms with Gasteiger partial charge in [0.1, 0.15) is 0 Å². The number of benzene rings is 1. The topological polar surface area (TPSA) is 58.4 Å². The van der Waals surface area contributed by atoms with Crippen molar-refractivity contribution in [3.8, 4) is 0 Å². The molecule has 21 heavy (non-hydrogen) atoms. The normalized spacial score (nSPS) is 20.0. The monoisotopic (exact) mass is 311 g/mol. The summed E-state index contributed by atoms with van der Waals surface area (Å²) in [5.74, 6) is 0. The highest BCUT2D eigenvalue weighted by atomic mass is 35.5. The second kappa shape index (κ2) is 7.61. The third kappa shape index (κ3) is 4.58. The van der Waals surface area contributed by atoms with Gasteiger partial charge in [-0.2, -0.15) is 0 Å². The molecule has 0 aromatic heterocycles. The lowest BCUT2D eigenvalue weighted by molar-refractivity contribution is -0.384. The van der Waals surface area contributed by atoms with Gasteiger partial charge in [-0.3, -0.25) is 10.1 Å². The minimum atomic E-state index is -0.391. The highest BCUT2D eigenvalue weighted by molar-refractivity contribution is 6.33. The molecule has 1 aromatic rings. The van der Waals surface area contributed by atoms with Gasteiger partial charge < -0.3 is 10.2 Å². The van der Waals surface area contributed by atoms with Gasteiger partial charge in [0.2, 0.25) is 0 Å². The number of non-ortho nitro benzene ring substituents is 1. The van der Waals surface area contributed by atoms with Crippen LogP contribution in [0.25, 0.3) is 0 Å². The Hall–Kier alpha value is -1.33. The predicted octanol–water partition coefficient (Wildman–Crippen LogP) is 3.92. The second-order valence-corrected chi connectivity index (χ2v) is 5.94. The van der Waals surface area contributed by atoms with Gasteiger partial charge in [0.25, 0.3) is 5.69 Å². The first-order valence-corrected chi connectivity index (χ1v) is 7.90. The third-order valence-electron chi connectivity index (χ3n) is 3.88. The molecule has 1 aliphatic rings. The lowest BCUT2D eigenvalue weighted by atomic mass is 10.1. The van der Waals surface area contributed by atoms with E-state index in [2.05, 4.69) is 17.1 Å². The summed E-state index contributed by atoms with van der Waals surface area (Å²) in [4.78, 5) is 12.9. The number of halogens is 1. The molecule has 1 unspecified atom stereocenters. The van der Waals surface area contributed by atoms with E-state index in [4.69, 9.17) is 11.6 Å². The van der Waals surface area contributed by atoms with Crippen molar-refractivity contribution in [1.29, 1.82) is 0 Å². The summed E-state index contributed by atoms with van der Waals surface area (Å²) < 4.78 is 0. The molecular weight excluding hydrogens is 290 g/mol. The molecule has 1 heterocycles. The van der Waals surface area contributed by atoms with E-state index in [1.165, 1.54) is 18.6 Å². The van der Waals surface area contributed by atoms with Gasteiger partial charge in [-0.1, -0.05) is 18.5 Å². The Morgan fingerprint density at radius 3 is 2.95 bits per heavy atom. The maximum Gasteiger partial charge on any atom is 0.271 e. The van der Waals surface area contributed by atoms with Gasteiger partial charge >= 0.3 is 0 Å². The molecule has 1 aromatic carbocycles. The van der Waals surface area contributed by atoms with Crippen LogP contribution in [0.1, 0.15) is 32.6 Å². The molecule has 6 heteroatoms. The van der Waals surface area contributed by atoms with Crippen LogP contribution in [0.2, 0.25) is 5.02 Å². The van der Waals surface area contributed by atoms with Crippen LogP contribution in [-0.4, -0.2) is 35.5 Å². The third-order valence-corrected chi connectivity index (χ3v) is 4.21. The van der Waals surface area contributed by atoms with Crippen molar-refractivity contribution in [2.45, 2.75) is 38.6 Å². The fourth-order valence-electron chi connectivity index (χ4n) is 2.80. The van der Waals surface area contributed by atoms with Crippen molar-refractivity contribution in [3.05, 3.63) is 33.3 Å². The van der Waals surface area contributed by atoms with Crippen molar-refractivity contribution < 1.29 is 4.92 Å². The molecule has 5 nitrogen and oxygen atoms in total. The summed E-state index contributed by atoms with van der Waals surface area (Å²) in [5, 5.41) is 14.8. The van der Waals surface area contributed by atoms with Crippen molar-refractivity contribution in [1.82, 2.24) is 4.90 Å². The van der Waals surface area contributed by atoms with Crippen LogP contribution in [0.3, 0.4) is 0 Å². The van der Waals surface area contributed by atoms with E-state index in [0.29, 0.717) is 16.8 Å². The van der Waals surface area contributed by atoms with Gasteiger partial charge in [-0.15, -0.1) is 0 Å². The van der Waals surface area contributed by atoms with E-state index < -0.39 is 4.92 Å². The van der Waals surface area contributed by atoms with Crippen LogP contribution in [-0.2, 0) is 0 Å². The zero-order valence-corrected chi connectivity index (χ0v) is 13.1. The van der Waals surface area contributed by atoms with Crippen LogP contribution in [0.4, 0.5) is 11.4 Å². The van der Waals surface area contributed by atoms with Crippen molar-refractivity contribution in [2.24, 2.45) is 0 Å². The first-order valence-electron chi connectivity index (χ1n) is 7.53. The number of likely N-dealkylation sites (tertiary alicyclic amines) is 1. The first-order chi connectivity index (χ1) is 10.1. The van der Waals surface area contributed by atoms with E-state index in [1.54, 1.807) is 6.07 Å². The molecule has 1 saturated heterocycles. The molecule has 0 radical (unpaired) electrons. The van der Waals surface area contributed by atoms with Gasteiger partial charge in [0.15, 0.2) is 0 Å². The minimum Gasteiger partial charge on any atom is -0.381 e. The molecule has 0 amide bonds. The highest BCUT2D eigenvalue weighted by Crippen LogP contribution is 2.28. The largest absolute Gasteiger partial charge is 0.381 e. The van der Waals surface area contributed by atoms with E-state index >= 15 is 0 Å². The number of nitrogens with one attached hydrogen (secondary N) is 1. The zero-order chi connectivity index (χ0) is 15.2. The Balaban J connectivity index is 2.01. The van der Waals surface area contributed by atoms with Gasteiger partial charge in [-0.05, 0) is 44.8 Å². The SMILES string of the molecule is CCCN1CCCC(Nc2cc([N+](=O)[O-])ccc2Cl)CC1. The second-order valence-electron chi connectivity index (χ2n) is 5.54. The standard InChI is InChI=1S/C15H22ClN3O2/c1-2-8-18-9-3-4-12(7-10-18)17-15-11-13(19(20)21)5-6-14(15)16/h5-6,11-12,17H,2-4,7-10H2,1H3. The summed E-state index contributed by atoms with van der Waals surface area (Å²) in [6.07, 6.45) is 4.43. The maximum absolute atomic E-state index is 10.9. The zero-order valence-electron chi connectivity index (χ0n) is 12.3. The fraction of sp³-hybridized carbons (Fsp3) is 0.600. The van der Waals surface area contributed by atoms with Crippen LogP contribution in [0.15, 0.2) is 18.2 Å². The summed E-state index contributed by atoms with van der Waals surface area (Å²) in [6, 6.07) is 4.87. The summed E-state index contributed by atoms with van der Waals surface area (Å²) in [7, 11) is 0. The summed E-state index contributed by atoms with van der Waals surface area (Å²) >= 11 is 6.14. The Labute approximate surface area is 130 Å². The molecule has 0 saturated carbocycles. The quantitative estimate of drug-likeness (QED) is 0.661. The molecule has 1 N–H and O–H groups in total. The predicted molar refractivity (Wildman–Crippen MR) is 86.1 cm³/mol. The average molecular weight is 312 g/mol. The van der Waals surface area contributed by atoms with Gasteiger partial charge in [0.05, 0.1) is 15.6 Å². The number of nitro groups is 1. The molecular formula is C15H22ClN3O2. The van der Waals surface area contributed by atoms with E-state index in [-0.39, 0.29) is 5.69 Å². The van der Waals surface area contributed by atoms with Crippen LogP contribution in [0, 0.1) is 10.1 Å². The Morgan fingerprint density at radius 1 is 1.43 bits per heavy atom. The smallest absolute Gasteiger partial charge is 0.271 e. The molecule has 2 rings (SSSR count). The van der Waals surface area contributed by atoms with Crippen molar-refractivity contribution in [2.75, 3.05) is 25.0 Å². The average Bonchev–Trinajstić information content (AvgIpc) is 2.67. The van der Waals surface area contributed by atoms with E-state index in [9.17, 15) is 10.1 Å². The van der Waals surface area contributed by atoms with Crippen molar-refractivity contribution in [3.63, 3.8) is 0 Å². The van der Waals surface area contributed by atoms with Crippen LogP contribution in [0.5, 0.6) is 0 Å². The van der Waals surface area contributed by atoms with E-state index in [1.807, 2.05) is 0 Å². The molecule has 116 valence electrons. The van der Waals surface area contributed by atoms with Gasteiger partial charge in [0, 0.05) is 24.7 Å². The number of anilines is 1. The summed E-state index contributed by atoms with van der Waals surface area (Å²) in [5.41, 5.74) is 0.739. The first kappa shape index (κ1) is 16.0. The fourth-order valence-corrected chi connectivity index (χ4v) is 2.97. The highest BCUT2D eigenvalue weighted by Gasteiger charge is 2.18. The Kier molecular flexibility index (Phi) is 5.82. The van der Waals surface area contributed by atoms with Gasteiger partial charge in [-0.25, -0.2) is 0 Å². The number of hydrogen-bond donors (Lipinski definition) is 1. The molecule has 0 bridgehead atoms. The van der Waals surface area contributed by atoms with Crippen LogP contribution >= 0.6 is 11.6 Å². The summed E-state index contributed by atoms with van der Waals surface area (Å²) in [6.45, 7) is 5.54. The van der Waals surface area contributed by atoms with Crippen molar-refractivity contribution >= 4 is 23.0 Å². The molecule has 0 spiro atoms. The lowest BCUT2D eigenvalue weighted by Gasteiger charge is -2.20.